The molecule has 1 heteroatoms. The van der Waals surface area contributed by atoms with Crippen molar-refractivity contribution in [2.75, 3.05) is 4.90 Å². The van der Waals surface area contributed by atoms with Gasteiger partial charge in [0, 0.05) is 22.4 Å². The number of anilines is 3. The summed E-state index contributed by atoms with van der Waals surface area (Å²) in [6.45, 7) is 14.7. The molecule has 58 heavy (non-hydrogen) atoms. The maximum absolute atomic E-state index is 2.59. The third-order valence-electron chi connectivity index (χ3n) is 14.1. The molecule has 3 aliphatic rings. The smallest absolute Gasteiger partial charge is 0.0543 e. The summed E-state index contributed by atoms with van der Waals surface area (Å²) in [7, 11) is 0. The van der Waals surface area contributed by atoms with Crippen LogP contribution in [0.25, 0.3) is 44.5 Å². The van der Waals surface area contributed by atoms with Gasteiger partial charge in [-0.05, 0) is 158 Å². The number of aryl methyl sites for hydroxylation is 2. The minimum Gasteiger partial charge on any atom is -0.310 e. The van der Waals surface area contributed by atoms with E-state index in [9.17, 15) is 0 Å². The van der Waals surface area contributed by atoms with Crippen LogP contribution in [-0.4, -0.2) is 0 Å². The van der Waals surface area contributed by atoms with Gasteiger partial charge in [0.25, 0.3) is 0 Å². The fourth-order valence-corrected chi connectivity index (χ4v) is 10.7. The van der Waals surface area contributed by atoms with E-state index in [0.29, 0.717) is 0 Å². The fraction of sp³-hybridized carbons (Fsp3) is 0.263. The highest BCUT2D eigenvalue weighted by atomic mass is 15.1. The van der Waals surface area contributed by atoms with Gasteiger partial charge in [-0.25, -0.2) is 0 Å². The lowest BCUT2D eigenvalue weighted by atomic mass is 9.61. The number of fused-ring (bicyclic) bond motifs is 5. The fourth-order valence-electron chi connectivity index (χ4n) is 10.7. The molecule has 0 aromatic heterocycles. The molecule has 3 aliphatic carbocycles. The normalized spacial score (nSPS) is 16.8. The van der Waals surface area contributed by atoms with E-state index in [-0.39, 0.29) is 16.2 Å². The van der Waals surface area contributed by atoms with Gasteiger partial charge >= 0.3 is 0 Å². The van der Waals surface area contributed by atoms with Gasteiger partial charge in [-0.2, -0.15) is 0 Å². The Balaban J connectivity index is 1.20. The maximum atomic E-state index is 2.59. The first-order chi connectivity index (χ1) is 28.0. The molecule has 0 atom stereocenters. The molecule has 0 fully saturated rings. The molecular weight excluding hydrogens is 699 g/mol. The Morgan fingerprint density at radius 2 is 0.966 bits per heavy atom. The highest BCUT2D eigenvalue weighted by molar-refractivity contribution is 5.96. The van der Waals surface area contributed by atoms with Crippen molar-refractivity contribution in [2.45, 2.75) is 96.3 Å². The van der Waals surface area contributed by atoms with Crippen LogP contribution >= 0.6 is 0 Å². The monoisotopic (exact) mass is 753 g/mol. The number of nitrogens with zero attached hydrogens (tertiary/aromatic N) is 1. The topological polar surface area (TPSA) is 3.24 Å². The van der Waals surface area contributed by atoms with Gasteiger partial charge in [0.05, 0.1) is 5.69 Å². The van der Waals surface area contributed by atoms with Gasteiger partial charge in [0.2, 0.25) is 0 Å². The van der Waals surface area contributed by atoms with Gasteiger partial charge < -0.3 is 4.90 Å². The average molecular weight is 754 g/mol. The molecule has 0 spiro atoms. The van der Waals surface area contributed by atoms with Crippen molar-refractivity contribution in [3.63, 3.8) is 0 Å². The SMILES string of the molecule is CC1(C)CCC(C)(C)c2c(-c3cc4c(cc3N(c3ccc(-c5ccc(-c6ccccc6)cc5)cc3)c3ccc5c(c3)CCCC5)C(C)(C)c3ccccc3-4)cccc21. The Kier molecular flexibility index (Phi) is 8.68. The number of rotatable bonds is 6. The summed E-state index contributed by atoms with van der Waals surface area (Å²) in [5.74, 6) is 0. The molecule has 10 rings (SSSR count). The standard InChI is InChI=1S/C57H55N/c1-55(2)33-34-56(3,4)54-47(20-14-22-51(54)55)49-36-48-46-19-12-13-21-50(46)57(5,6)52(48)37-53(49)58(45-32-29-39-17-10-11-18-43(39)35-45)44-30-27-42(28-31-44)41-25-23-40(24-26-41)38-15-8-7-9-16-38/h7-9,12-16,19-32,35-37H,10-11,17-18,33-34H2,1-6H3. The van der Waals surface area contributed by atoms with Crippen molar-refractivity contribution >= 4 is 17.1 Å². The van der Waals surface area contributed by atoms with Gasteiger partial charge in [-0.3, -0.25) is 0 Å². The molecule has 7 aromatic rings. The Morgan fingerprint density at radius 1 is 0.397 bits per heavy atom. The van der Waals surface area contributed by atoms with E-state index < -0.39 is 0 Å². The Bertz CT molecular complexity index is 2670. The van der Waals surface area contributed by atoms with E-state index in [1.54, 1.807) is 0 Å². The predicted molar refractivity (Wildman–Crippen MR) is 247 cm³/mol. The van der Waals surface area contributed by atoms with Gasteiger partial charge in [0.1, 0.15) is 0 Å². The molecule has 0 aliphatic heterocycles. The van der Waals surface area contributed by atoms with E-state index in [1.807, 2.05) is 0 Å². The summed E-state index contributed by atoms with van der Waals surface area (Å²) in [5, 5.41) is 0. The summed E-state index contributed by atoms with van der Waals surface area (Å²) >= 11 is 0. The first-order valence-electron chi connectivity index (χ1n) is 21.6. The second-order valence-electron chi connectivity index (χ2n) is 19.1. The molecule has 7 aromatic carbocycles. The van der Waals surface area contributed by atoms with Crippen LogP contribution in [-0.2, 0) is 29.1 Å². The molecule has 288 valence electrons. The molecule has 0 saturated heterocycles. The molecule has 0 amide bonds. The van der Waals surface area contributed by atoms with Gasteiger partial charge in [-0.1, -0.05) is 157 Å². The average Bonchev–Trinajstić information content (AvgIpc) is 3.47. The van der Waals surface area contributed by atoms with Crippen LogP contribution in [0.3, 0.4) is 0 Å². The van der Waals surface area contributed by atoms with Crippen molar-refractivity contribution in [1.29, 1.82) is 0 Å². The highest BCUT2D eigenvalue weighted by Gasteiger charge is 2.41. The lowest BCUT2D eigenvalue weighted by molar-refractivity contribution is 0.333. The van der Waals surface area contributed by atoms with E-state index in [2.05, 4.69) is 198 Å². The summed E-state index contributed by atoms with van der Waals surface area (Å²) in [6.07, 6.45) is 7.21. The molecule has 1 nitrogen and oxygen atoms in total. The third-order valence-corrected chi connectivity index (χ3v) is 14.1. The quantitative estimate of drug-likeness (QED) is 0.163. The van der Waals surface area contributed by atoms with Crippen molar-refractivity contribution in [3.05, 3.63) is 185 Å². The minimum atomic E-state index is -0.131. The van der Waals surface area contributed by atoms with Gasteiger partial charge in [-0.15, -0.1) is 0 Å². The minimum absolute atomic E-state index is 0.0449. The summed E-state index contributed by atoms with van der Waals surface area (Å²) in [5.41, 5.74) is 22.9. The Hall–Kier alpha value is -5.66. The molecule has 0 unspecified atom stereocenters. The second-order valence-corrected chi connectivity index (χ2v) is 19.1. The molecule has 0 bridgehead atoms. The van der Waals surface area contributed by atoms with Crippen LogP contribution in [0.5, 0.6) is 0 Å². The lowest BCUT2D eigenvalue weighted by Gasteiger charge is -2.43. The van der Waals surface area contributed by atoms with E-state index in [4.69, 9.17) is 0 Å². The van der Waals surface area contributed by atoms with Crippen LogP contribution in [0.4, 0.5) is 17.1 Å². The summed E-state index contributed by atoms with van der Waals surface area (Å²) in [4.78, 5) is 2.59. The number of benzene rings is 7. The summed E-state index contributed by atoms with van der Waals surface area (Å²) < 4.78 is 0. The molecule has 0 heterocycles. The van der Waals surface area contributed by atoms with Crippen LogP contribution in [0, 0.1) is 0 Å². The molecule has 0 N–H and O–H groups in total. The zero-order valence-electron chi connectivity index (χ0n) is 35.1. The van der Waals surface area contributed by atoms with Crippen LogP contribution in [0.15, 0.2) is 152 Å². The van der Waals surface area contributed by atoms with E-state index >= 15 is 0 Å². The number of hydrogen-bond donors (Lipinski definition) is 0. The van der Waals surface area contributed by atoms with Gasteiger partial charge in [0.15, 0.2) is 0 Å². The zero-order valence-corrected chi connectivity index (χ0v) is 35.1. The first kappa shape index (κ1) is 36.7. The van der Waals surface area contributed by atoms with Crippen molar-refractivity contribution in [2.24, 2.45) is 0 Å². The van der Waals surface area contributed by atoms with Crippen molar-refractivity contribution < 1.29 is 0 Å². The van der Waals surface area contributed by atoms with Crippen LogP contribution < -0.4 is 4.90 Å². The van der Waals surface area contributed by atoms with E-state index in [0.717, 1.165) is 6.42 Å². The highest BCUT2D eigenvalue weighted by Crippen LogP contribution is 2.56. The third kappa shape index (κ3) is 6.05. The van der Waals surface area contributed by atoms with Crippen LogP contribution in [0.1, 0.15) is 101 Å². The predicted octanol–water partition coefficient (Wildman–Crippen LogP) is 15.7. The summed E-state index contributed by atoms with van der Waals surface area (Å²) in [6, 6.07) is 57.7. The first-order valence-corrected chi connectivity index (χ1v) is 21.6. The van der Waals surface area contributed by atoms with Crippen molar-refractivity contribution in [1.82, 2.24) is 0 Å². The maximum Gasteiger partial charge on any atom is 0.0543 e. The zero-order chi connectivity index (χ0) is 39.8. The molecule has 0 saturated carbocycles. The Morgan fingerprint density at radius 3 is 1.69 bits per heavy atom. The molecule has 0 radical (unpaired) electrons. The molecular formula is C57H55N. The lowest BCUT2D eigenvalue weighted by Crippen LogP contribution is -2.34. The second kappa shape index (κ2) is 13.7. The number of hydrogen-bond acceptors (Lipinski definition) is 1. The largest absolute Gasteiger partial charge is 0.310 e. The van der Waals surface area contributed by atoms with Crippen molar-refractivity contribution in [3.8, 4) is 44.5 Å². The van der Waals surface area contributed by atoms with E-state index in [1.165, 1.54) is 127 Å². The van der Waals surface area contributed by atoms with Crippen LogP contribution in [0.2, 0.25) is 0 Å². The Labute approximate surface area is 346 Å².